The van der Waals surface area contributed by atoms with Crippen molar-refractivity contribution in [3.05, 3.63) is 49.4 Å². The molecule has 0 aliphatic heterocycles. The van der Waals surface area contributed by atoms with Crippen LogP contribution in [0.5, 0.6) is 0 Å². The zero-order valence-corrected chi connectivity index (χ0v) is 14.2. The molecule has 0 bridgehead atoms. The second-order valence-electron chi connectivity index (χ2n) is 5.03. The van der Waals surface area contributed by atoms with E-state index < -0.39 is 0 Å². The first-order chi connectivity index (χ1) is 9.51. The predicted octanol–water partition coefficient (Wildman–Crippen LogP) is 4.88. The monoisotopic (exact) mass is 328 g/mol. The Morgan fingerprint density at radius 1 is 1.25 bits per heavy atom. The van der Waals surface area contributed by atoms with Gasteiger partial charge in [-0.15, -0.1) is 11.3 Å². The second kappa shape index (κ2) is 6.90. The third kappa shape index (κ3) is 3.73. The first kappa shape index (κ1) is 15.8. The van der Waals surface area contributed by atoms with Crippen LogP contribution in [-0.4, -0.2) is 12.0 Å². The highest BCUT2D eigenvalue weighted by molar-refractivity contribution is 7.11. The van der Waals surface area contributed by atoms with E-state index in [4.69, 9.17) is 28.2 Å². The van der Waals surface area contributed by atoms with Gasteiger partial charge in [-0.05, 0) is 30.7 Å². The molecular formula is C15H18Cl2N2S. The molecule has 0 saturated heterocycles. The molecule has 0 saturated carbocycles. The zero-order chi connectivity index (χ0) is 14.7. The molecule has 0 spiro atoms. The van der Waals surface area contributed by atoms with Crippen molar-refractivity contribution < 1.29 is 0 Å². The van der Waals surface area contributed by atoms with Gasteiger partial charge in [0.05, 0.1) is 20.7 Å². The van der Waals surface area contributed by atoms with E-state index in [1.54, 1.807) is 11.3 Å². The third-order valence-corrected chi connectivity index (χ3v) is 4.81. The van der Waals surface area contributed by atoms with Crippen molar-refractivity contribution in [2.45, 2.75) is 32.7 Å². The van der Waals surface area contributed by atoms with E-state index in [9.17, 15) is 0 Å². The normalized spacial score (nSPS) is 11.3. The van der Waals surface area contributed by atoms with Crippen LogP contribution in [0.25, 0.3) is 0 Å². The molecule has 2 rings (SSSR count). The van der Waals surface area contributed by atoms with E-state index in [0.29, 0.717) is 16.0 Å². The Morgan fingerprint density at radius 2 is 2.00 bits per heavy atom. The molecule has 1 aromatic heterocycles. The topological polar surface area (TPSA) is 24.9 Å². The summed E-state index contributed by atoms with van der Waals surface area (Å²) in [7, 11) is 1.96. The van der Waals surface area contributed by atoms with E-state index in [0.717, 1.165) is 23.5 Å². The molecule has 5 heteroatoms. The Hall–Kier alpha value is -0.610. The van der Waals surface area contributed by atoms with E-state index >= 15 is 0 Å². The fourth-order valence-corrected chi connectivity index (χ4v) is 3.64. The van der Waals surface area contributed by atoms with Crippen LogP contribution in [0.4, 0.5) is 0 Å². The summed E-state index contributed by atoms with van der Waals surface area (Å²) in [5, 5.41) is 5.52. The highest BCUT2D eigenvalue weighted by Crippen LogP contribution is 2.28. The van der Waals surface area contributed by atoms with Gasteiger partial charge in [0.25, 0.3) is 0 Å². The minimum atomic E-state index is 0.442. The standard InChI is InChI=1S/C15H18Cl2N2S/c1-9(2)15-13(8-18-3)20-14(19-15)7-10-4-5-11(16)12(17)6-10/h4-6,9,18H,7-8H2,1-3H3. The fourth-order valence-electron chi connectivity index (χ4n) is 2.05. The van der Waals surface area contributed by atoms with Crippen LogP contribution in [0.3, 0.4) is 0 Å². The van der Waals surface area contributed by atoms with Gasteiger partial charge in [0.2, 0.25) is 0 Å². The molecule has 0 aliphatic carbocycles. The average molecular weight is 329 g/mol. The Kier molecular flexibility index (Phi) is 5.44. The van der Waals surface area contributed by atoms with Gasteiger partial charge in [-0.1, -0.05) is 43.1 Å². The summed E-state index contributed by atoms with van der Waals surface area (Å²) in [6, 6.07) is 5.76. The second-order valence-corrected chi connectivity index (χ2v) is 7.01. The Morgan fingerprint density at radius 3 is 2.60 bits per heavy atom. The molecule has 1 aromatic carbocycles. The van der Waals surface area contributed by atoms with Crippen molar-refractivity contribution in [3.63, 3.8) is 0 Å². The minimum Gasteiger partial charge on any atom is -0.315 e. The number of aromatic nitrogens is 1. The molecule has 20 heavy (non-hydrogen) atoms. The zero-order valence-electron chi connectivity index (χ0n) is 11.8. The molecule has 0 radical (unpaired) electrons. The fraction of sp³-hybridized carbons (Fsp3) is 0.400. The Bertz CT molecular complexity index is 594. The molecule has 2 aromatic rings. The van der Waals surface area contributed by atoms with Crippen LogP contribution in [0.15, 0.2) is 18.2 Å². The summed E-state index contributed by atoms with van der Waals surface area (Å²) in [4.78, 5) is 6.10. The van der Waals surface area contributed by atoms with Gasteiger partial charge in [0, 0.05) is 17.8 Å². The molecule has 1 N–H and O–H groups in total. The lowest BCUT2D eigenvalue weighted by molar-refractivity contribution is 0.768. The number of hydrogen-bond acceptors (Lipinski definition) is 3. The van der Waals surface area contributed by atoms with Crippen LogP contribution in [0.1, 0.15) is 40.9 Å². The average Bonchev–Trinajstić information content (AvgIpc) is 2.77. The van der Waals surface area contributed by atoms with Gasteiger partial charge in [-0.25, -0.2) is 4.98 Å². The molecule has 0 fully saturated rings. The summed E-state index contributed by atoms with van der Waals surface area (Å²) in [5.74, 6) is 0.442. The SMILES string of the molecule is CNCc1sc(Cc2ccc(Cl)c(Cl)c2)nc1C(C)C. The number of nitrogens with one attached hydrogen (secondary N) is 1. The van der Waals surface area contributed by atoms with E-state index in [1.165, 1.54) is 10.6 Å². The lowest BCUT2D eigenvalue weighted by Gasteiger charge is -2.03. The smallest absolute Gasteiger partial charge is 0.0975 e. The molecule has 2 nitrogen and oxygen atoms in total. The lowest BCUT2D eigenvalue weighted by atomic mass is 10.1. The van der Waals surface area contributed by atoms with Crippen LogP contribution in [0.2, 0.25) is 10.0 Å². The van der Waals surface area contributed by atoms with E-state index in [2.05, 4.69) is 19.2 Å². The summed E-state index contributed by atoms with van der Waals surface area (Å²) in [6.45, 7) is 5.22. The van der Waals surface area contributed by atoms with Gasteiger partial charge < -0.3 is 5.32 Å². The van der Waals surface area contributed by atoms with Crippen molar-refractivity contribution >= 4 is 34.5 Å². The maximum absolute atomic E-state index is 6.06. The van der Waals surface area contributed by atoms with Crippen LogP contribution in [0, 0.1) is 0 Å². The van der Waals surface area contributed by atoms with Gasteiger partial charge in [0.1, 0.15) is 0 Å². The largest absolute Gasteiger partial charge is 0.315 e. The Labute approximate surface area is 134 Å². The highest BCUT2D eigenvalue weighted by atomic mass is 35.5. The summed E-state index contributed by atoms with van der Waals surface area (Å²) in [6.07, 6.45) is 0.797. The van der Waals surface area contributed by atoms with Crippen molar-refractivity contribution in [2.24, 2.45) is 0 Å². The quantitative estimate of drug-likeness (QED) is 0.845. The molecule has 0 unspecified atom stereocenters. The van der Waals surface area contributed by atoms with E-state index in [-0.39, 0.29) is 0 Å². The van der Waals surface area contributed by atoms with E-state index in [1.807, 2.05) is 25.2 Å². The molecule has 0 atom stereocenters. The summed E-state index contributed by atoms with van der Waals surface area (Å²) in [5.41, 5.74) is 2.33. The Balaban J connectivity index is 2.24. The van der Waals surface area contributed by atoms with Crippen molar-refractivity contribution in [2.75, 3.05) is 7.05 Å². The number of benzene rings is 1. The van der Waals surface area contributed by atoms with Gasteiger partial charge >= 0.3 is 0 Å². The first-order valence-corrected chi connectivity index (χ1v) is 8.15. The molecule has 0 aliphatic rings. The van der Waals surface area contributed by atoms with Crippen LogP contribution < -0.4 is 5.32 Å². The number of rotatable bonds is 5. The number of hydrogen-bond donors (Lipinski definition) is 1. The number of thiazole rings is 1. The molecule has 108 valence electrons. The van der Waals surface area contributed by atoms with Crippen molar-refractivity contribution in [3.8, 4) is 0 Å². The maximum atomic E-state index is 6.06. The number of halogens is 2. The maximum Gasteiger partial charge on any atom is 0.0975 e. The van der Waals surface area contributed by atoms with Crippen molar-refractivity contribution in [1.82, 2.24) is 10.3 Å². The highest BCUT2D eigenvalue weighted by Gasteiger charge is 2.14. The van der Waals surface area contributed by atoms with Crippen LogP contribution in [-0.2, 0) is 13.0 Å². The van der Waals surface area contributed by atoms with Crippen LogP contribution >= 0.6 is 34.5 Å². The molecule has 0 amide bonds. The molecular weight excluding hydrogens is 311 g/mol. The predicted molar refractivity (Wildman–Crippen MR) is 88.2 cm³/mol. The van der Waals surface area contributed by atoms with Gasteiger partial charge in [0.15, 0.2) is 0 Å². The minimum absolute atomic E-state index is 0.442. The summed E-state index contributed by atoms with van der Waals surface area (Å²) < 4.78 is 0. The van der Waals surface area contributed by atoms with Gasteiger partial charge in [-0.3, -0.25) is 0 Å². The number of nitrogens with zero attached hydrogens (tertiary/aromatic N) is 1. The van der Waals surface area contributed by atoms with Gasteiger partial charge in [-0.2, -0.15) is 0 Å². The van der Waals surface area contributed by atoms with Crippen molar-refractivity contribution in [1.29, 1.82) is 0 Å². The third-order valence-electron chi connectivity index (χ3n) is 3.00. The summed E-state index contributed by atoms with van der Waals surface area (Å²) >= 11 is 13.8. The molecule has 1 heterocycles. The first-order valence-electron chi connectivity index (χ1n) is 6.58. The lowest BCUT2D eigenvalue weighted by Crippen LogP contribution is -2.06.